The van der Waals surface area contributed by atoms with E-state index >= 15 is 0 Å². The van der Waals surface area contributed by atoms with Gasteiger partial charge in [0.05, 0.1) is 0 Å². The van der Waals surface area contributed by atoms with Crippen LogP contribution in [0.2, 0.25) is 0 Å². The summed E-state index contributed by atoms with van der Waals surface area (Å²) < 4.78 is 0. The third-order valence-electron chi connectivity index (χ3n) is 3.62. The average molecular weight is 269 g/mol. The molecule has 2 aromatic rings. The molecule has 0 saturated carbocycles. The molecule has 0 radical (unpaired) electrons. The fourth-order valence-electron chi connectivity index (χ4n) is 2.44. The maximum Gasteiger partial charge on any atom is 0.225 e. The minimum atomic E-state index is 0.844. The van der Waals surface area contributed by atoms with Crippen LogP contribution in [0, 0.1) is 0 Å². The molecule has 3 rings (SSSR count). The minimum Gasteiger partial charge on any atom is -0.338 e. The summed E-state index contributed by atoms with van der Waals surface area (Å²) in [4.78, 5) is 17.7. The van der Waals surface area contributed by atoms with Crippen molar-refractivity contribution in [3.05, 3.63) is 48.5 Å². The molecule has 0 amide bonds. The van der Waals surface area contributed by atoms with Crippen LogP contribution in [-0.2, 0) is 6.42 Å². The summed E-state index contributed by atoms with van der Waals surface area (Å²) in [7, 11) is 0. The molecule has 20 heavy (non-hydrogen) atoms. The third kappa shape index (κ3) is 3.30. The Bertz CT molecular complexity index is 508. The average Bonchev–Trinajstić information content (AvgIpc) is 2.55. The summed E-state index contributed by atoms with van der Waals surface area (Å²) in [5.41, 5.74) is 1.17. The summed E-state index contributed by atoms with van der Waals surface area (Å²) >= 11 is 0. The van der Waals surface area contributed by atoms with Gasteiger partial charge in [-0.3, -0.25) is 9.88 Å². The lowest BCUT2D eigenvalue weighted by Crippen LogP contribution is -2.47. The number of piperazine rings is 1. The molecular weight excluding hydrogens is 250 g/mol. The molecule has 1 saturated heterocycles. The second-order valence-corrected chi connectivity index (χ2v) is 4.95. The highest BCUT2D eigenvalue weighted by Crippen LogP contribution is 2.10. The first-order valence-electron chi connectivity index (χ1n) is 7.06. The van der Waals surface area contributed by atoms with Crippen LogP contribution in [0.3, 0.4) is 0 Å². The predicted molar refractivity (Wildman–Crippen MR) is 78.6 cm³/mol. The van der Waals surface area contributed by atoms with E-state index in [-0.39, 0.29) is 0 Å². The van der Waals surface area contributed by atoms with Crippen molar-refractivity contribution in [1.82, 2.24) is 19.9 Å². The van der Waals surface area contributed by atoms with Crippen molar-refractivity contribution in [2.45, 2.75) is 6.42 Å². The zero-order valence-corrected chi connectivity index (χ0v) is 11.5. The van der Waals surface area contributed by atoms with Crippen molar-refractivity contribution < 1.29 is 0 Å². The maximum absolute atomic E-state index is 4.37. The van der Waals surface area contributed by atoms with Crippen LogP contribution in [-0.4, -0.2) is 52.6 Å². The summed E-state index contributed by atoms with van der Waals surface area (Å²) in [6, 6.07) is 7.95. The Balaban J connectivity index is 1.47. The minimum absolute atomic E-state index is 0.844. The van der Waals surface area contributed by atoms with Crippen LogP contribution < -0.4 is 4.90 Å². The molecule has 3 heterocycles. The SMILES string of the molecule is c1ccc(CCN2CCN(c3ncccn3)CC2)nc1. The lowest BCUT2D eigenvalue weighted by molar-refractivity contribution is 0.259. The molecule has 0 spiro atoms. The van der Waals surface area contributed by atoms with Gasteiger partial charge in [-0.2, -0.15) is 0 Å². The molecule has 5 nitrogen and oxygen atoms in total. The van der Waals surface area contributed by atoms with Crippen LogP contribution in [0.25, 0.3) is 0 Å². The first-order valence-corrected chi connectivity index (χ1v) is 7.06. The lowest BCUT2D eigenvalue weighted by Gasteiger charge is -2.34. The van der Waals surface area contributed by atoms with Gasteiger partial charge in [-0.1, -0.05) is 6.07 Å². The molecule has 104 valence electrons. The van der Waals surface area contributed by atoms with Gasteiger partial charge in [0.25, 0.3) is 0 Å². The number of rotatable bonds is 4. The Labute approximate surface area is 119 Å². The van der Waals surface area contributed by atoms with E-state index in [9.17, 15) is 0 Å². The van der Waals surface area contributed by atoms with Crippen molar-refractivity contribution in [3.63, 3.8) is 0 Å². The van der Waals surface area contributed by atoms with Gasteiger partial charge in [0.15, 0.2) is 0 Å². The van der Waals surface area contributed by atoms with Gasteiger partial charge in [0, 0.05) is 63.4 Å². The lowest BCUT2D eigenvalue weighted by atomic mass is 10.2. The summed E-state index contributed by atoms with van der Waals surface area (Å²) in [6.07, 6.45) is 6.48. The first kappa shape index (κ1) is 13.0. The Kier molecular flexibility index (Phi) is 4.18. The van der Waals surface area contributed by atoms with E-state index in [1.807, 2.05) is 24.4 Å². The smallest absolute Gasteiger partial charge is 0.225 e. The highest BCUT2D eigenvalue weighted by molar-refractivity contribution is 5.29. The number of hydrogen-bond acceptors (Lipinski definition) is 5. The fraction of sp³-hybridized carbons (Fsp3) is 0.400. The Morgan fingerprint density at radius 1 is 0.850 bits per heavy atom. The fourth-order valence-corrected chi connectivity index (χ4v) is 2.44. The van der Waals surface area contributed by atoms with Gasteiger partial charge in [-0.15, -0.1) is 0 Å². The molecule has 0 unspecified atom stereocenters. The second-order valence-electron chi connectivity index (χ2n) is 4.95. The van der Waals surface area contributed by atoms with E-state index in [1.54, 1.807) is 12.4 Å². The number of hydrogen-bond donors (Lipinski definition) is 0. The molecule has 0 atom stereocenters. The molecule has 0 N–H and O–H groups in total. The zero-order valence-electron chi connectivity index (χ0n) is 11.5. The van der Waals surface area contributed by atoms with E-state index in [0.29, 0.717) is 0 Å². The number of pyridine rings is 1. The summed E-state index contributed by atoms with van der Waals surface area (Å²) in [5, 5.41) is 0. The van der Waals surface area contributed by atoms with Crippen molar-refractivity contribution in [1.29, 1.82) is 0 Å². The Hall–Kier alpha value is -2.01. The molecule has 0 aliphatic carbocycles. The molecule has 0 aromatic carbocycles. The van der Waals surface area contributed by atoms with Gasteiger partial charge in [0.1, 0.15) is 0 Å². The van der Waals surface area contributed by atoms with Crippen molar-refractivity contribution in [3.8, 4) is 0 Å². The highest BCUT2D eigenvalue weighted by atomic mass is 15.3. The van der Waals surface area contributed by atoms with Gasteiger partial charge >= 0.3 is 0 Å². The summed E-state index contributed by atoms with van der Waals surface area (Å²) in [5.74, 6) is 0.844. The number of aromatic nitrogens is 3. The molecule has 1 aliphatic heterocycles. The van der Waals surface area contributed by atoms with E-state index in [4.69, 9.17) is 0 Å². The maximum atomic E-state index is 4.37. The van der Waals surface area contributed by atoms with Crippen molar-refractivity contribution in [2.24, 2.45) is 0 Å². The van der Waals surface area contributed by atoms with E-state index in [2.05, 4.69) is 30.8 Å². The van der Waals surface area contributed by atoms with Gasteiger partial charge in [-0.25, -0.2) is 9.97 Å². The monoisotopic (exact) mass is 269 g/mol. The first-order chi connectivity index (χ1) is 9.92. The molecular formula is C15H19N5. The highest BCUT2D eigenvalue weighted by Gasteiger charge is 2.18. The molecule has 2 aromatic heterocycles. The standard InChI is InChI=1S/C15H19N5/c1-2-6-16-14(4-1)5-9-19-10-12-20(13-11-19)15-17-7-3-8-18-15/h1-4,6-8H,5,9-13H2. The molecule has 5 heteroatoms. The van der Waals surface area contributed by atoms with E-state index in [0.717, 1.165) is 45.1 Å². The van der Waals surface area contributed by atoms with Crippen LogP contribution in [0.1, 0.15) is 5.69 Å². The zero-order chi connectivity index (χ0) is 13.6. The molecule has 1 fully saturated rings. The van der Waals surface area contributed by atoms with Crippen LogP contribution in [0.4, 0.5) is 5.95 Å². The predicted octanol–water partition coefficient (Wildman–Crippen LogP) is 1.24. The third-order valence-corrected chi connectivity index (χ3v) is 3.62. The number of nitrogens with zero attached hydrogens (tertiary/aromatic N) is 5. The van der Waals surface area contributed by atoms with Gasteiger partial charge in [-0.05, 0) is 18.2 Å². The molecule has 0 bridgehead atoms. The number of anilines is 1. The van der Waals surface area contributed by atoms with Gasteiger partial charge in [0.2, 0.25) is 5.95 Å². The normalized spacial score (nSPS) is 16.3. The van der Waals surface area contributed by atoms with Crippen LogP contribution >= 0.6 is 0 Å². The quantitative estimate of drug-likeness (QED) is 0.835. The summed E-state index contributed by atoms with van der Waals surface area (Å²) in [6.45, 7) is 5.18. The van der Waals surface area contributed by atoms with Crippen molar-refractivity contribution >= 4 is 5.95 Å². The van der Waals surface area contributed by atoms with E-state index < -0.39 is 0 Å². The van der Waals surface area contributed by atoms with Crippen LogP contribution in [0.5, 0.6) is 0 Å². The van der Waals surface area contributed by atoms with Crippen LogP contribution in [0.15, 0.2) is 42.9 Å². The molecule has 1 aliphatic rings. The second kappa shape index (κ2) is 6.43. The Morgan fingerprint density at radius 2 is 1.60 bits per heavy atom. The van der Waals surface area contributed by atoms with Crippen molar-refractivity contribution in [2.75, 3.05) is 37.6 Å². The Morgan fingerprint density at radius 3 is 2.30 bits per heavy atom. The van der Waals surface area contributed by atoms with Gasteiger partial charge < -0.3 is 4.90 Å². The topological polar surface area (TPSA) is 45.2 Å². The van der Waals surface area contributed by atoms with E-state index in [1.165, 1.54) is 5.69 Å². The largest absolute Gasteiger partial charge is 0.338 e.